The molecule has 4 heteroatoms. The second-order valence-corrected chi connectivity index (χ2v) is 3.80. The van der Waals surface area contributed by atoms with Crippen LogP contribution >= 0.6 is 11.6 Å². The summed E-state index contributed by atoms with van der Waals surface area (Å²) in [7, 11) is 0. The van der Waals surface area contributed by atoms with Crippen LogP contribution < -0.4 is 5.73 Å². The quantitative estimate of drug-likeness (QED) is 0.861. The summed E-state index contributed by atoms with van der Waals surface area (Å²) in [5, 5.41) is 0.396. The van der Waals surface area contributed by atoms with E-state index in [1.165, 1.54) is 18.2 Å². The van der Waals surface area contributed by atoms with E-state index in [1.807, 2.05) is 6.92 Å². The van der Waals surface area contributed by atoms with Crippen molar-refractivity contribution in [2.75, 3.05) is 0 Å². The van der Waals surface area contributed by atoms with Crippen LogP contribution in [0.15, 0.2) is 18.2 Å². The Labute approximate surface area is 93.2 Å². The minimum absolute atomic E-state index is 0.0889. The number of carbonyl (C=O) groups excluding carboxylic acids is 1. The fourth-order valence-corrected chi connectivity index (χ4v) is 1.41. The highest BCUT2D eigenvalue weighted by atomic mass is 35.5. The summed E-state index contributed by atoms with van der Waals surface area (Å²) < 4.78 is 12.9. The van der Waals surface area contributed by atoms with Crippen LogP contribution in [0.2, 0.25) is 5.02 Å². The molecule has 0 aliphatic rings. The van der Waals surface area contributed by atoms with Crippen molar-refractivity contribution >= 4 is 17.4 Å². The lowest BCUT2D eigenvalue weighted by Gasteiger charge is -2.08. The molecule has 0 fully saturated rings. The Hall–Kier alpha value is -0.930. The number of benzene rings is 1. The smallest absolute Gasteiger partial charge is 0.153 e. The van der Waals surface area contributed by atoms with Crippen LogP contribution in [-0.4, -0.2) is 11.8 Å². The summed E-state index contributed by atoms with van der Waals surface area (Å²) in [6.45, 7) is 1.83. The van der Waals surface area contributed by atoms with E-state index in [0.717, 1.165) is 0 Å². The van der Waals surface area contributed by atoms with Gasteiger partial charge in [-0.1, -0.05) is 18.5 Å². The Morgan fingerprint density at radius 3 is 2.87 bits per heavy atom. The van der Waals surface area contributed by atoms with Gasteiger partial charge in [-0.2, -0.15) is 0 Å². The highest BCUT2D eigenvalue weighted by molar-refractivity contribution is 6.31. The van der Waals surface area contributed by atoms with Crippen LogP contribution in [0.1, 0.15) is 18.9 Å². The topological polar surface area (TPSA) is 43.1 Å². The minimum atomic E-state index is -0.496. The molecule has 1 unspecified atom stereocenters. The van der Waals surface area contributed by atoms with Crippen molar-refractivity contribution in [1.29, 1.82) is 0 Å². The van der Waals surface area contributed by atoms with Gasteiger partial charge in [0.2, 0.25) is 0 Å². The van der Waals surface area contributed by atoms with Crippen molar-refractivity contribution in [3.8, 4) is 0 Å². The van der Waals surface area contributed by atoms with Crippen molar-refractivity contribution in [2.24, 2.45) is 5.73 Å². The van der Waals surface area contributed by atoms with Gasteiger partial charge in [-0.25, -0.2) is 4.39 Å². The summed E-state index contributed by atoms with van der Waals surface area (Å²) in [6.07, 6.45) is 0.664. The first-order valence-corrected chi connectivity index (χ1v) is 5.14. The molecule has 2 nitrogen and oxygen atoms in total. The Morgan fingerprint density at radius 1 is 1.60 bits per heavy atom. The third kappa shape index (κ3) is 3.29. The maximum absolute atomic E-state index is 12.9. The number of carbonyl (C=O) groups is 1. The molecule has 2 N–H and O–H groups in total. The SMILES string of the molecule is CCC(N)C(=O)Cc1cc(F)ccc1Cl. The van der Waals surface area contributed by atoms with E-state index < -0.39 is 11.9 Å². The van der Waals surface area contributed by atoms with E-state index in [4.69, 9.17) is 17.3 Å². The first-order valence-electron chi connectivity index (χ1n) is 4.76. The predicted molar refractivity (Wildman–Crippen MR) is 58.4 cm³/mol. The normalized spacial score (nSPS) is 12.5. The zero-order chi connectivity index (χ0) is 11.4. The second-order valence-electron chi connectivity index (χ2n) is 3.39. The minimum Gasteiger partial charge on any atom is -0.322 e. The summed E-state index contributed by atoms with van der Waals surface area (Å²) >= 11 is 5.83. The van der Waals surface area contributed by atoms with Gasteiger partial charge in [0.15, 0.2) is 5.78 Å². The molecule has 82 valence electrons. The van der Waals surface area contributed by atoms with Crippen molar-refractivity contribution in [3.05, 3.63) is 34.6 Å². The number of hydrogen-bond acceptors (Lipinski definition) is 2. The van der Waals surface area contributed by atoms with Gasteiger partial charge in [0, 0.05) is 11.4 Å². The van der Waals surface area contributed by atoms with Gasteiger partial charge < -0.3 is 5.73 Å². The number of hydrogen-bond donors (Lipinski definition) is 1. The van der Waals surface area contributed by atoms with E-state index in [2.05, 4.69) is 0 Å². The molecule has 1 aromatic rings. The van der Waals surface area contributed by atoms with Crippen LogP contribution in [0.25, 0.3) is 0 Å². The molecular weight excluding hydrogens is 217 g/mol. The van der Waals surface area contributed by atoms with Crippen LogP contribution in [-0.2, 0) is 11.2 Å². The van der Waals surface area contributed by atoms with Crippen LogP contribution in [0.3, 0.4) is 0 Å². The number of nitrogens with two attached hydrogens (primary N) is 1. The molecule has 0 aliphatic heterocycles. The van der Waals surface area contributed by atoms with E-state index >= 15 is 0 Å². The molecule has 1 rings (SSSR count). The van der Waals surface area contributed by atoms with Gasteiger partial charge in [-0.15, -0.1) is 0 Å². The average Bonchev–Trinajstić information content (AvgIpc) is 2.22. The monoisotopic (exact) mass is 229 g/mol. The maximum Gasteiger partial charge on any atom is 0.153 e. The molecule has 0 saturated heterocycles. The average molecular weight is 230 g/mol. The lowest BCUT2D eigenvalue weighted by atomic mass is 10.0. The number of halogens is 2. The van der Waals surface area contributed by atoms with Gasteiger partial charge >= 0.3 is 0 Å². The fourth-order valence-electron chi connectivity index (χ4n) is 1.23. The Morgan fingerprint density at radius 2 is 2.27 bits per heavy atom. The van der Waals surface area contributed by atoms with Crippen molar-refractivity contribution < 1.29 is 9.18 Å². The summed E-state index contributed by atoms with van der Waals surface area (Å²) in [5.74, 6) is -0.516. The molecule has 1 atom stereocenters. The van der Waals surface area contributed by atoms with Crippen LogP contribution in [0.4, 0.5) is 4.39 Å². The predicted octanol–water partition coefficient (Wildman–Crippen LogP) is 2.33. The first kappa shape index (κ1) is 12.1. The molecule has 15 heavy (non-hydrogen) atoms. The Kier molecular flexibility index (Phi) is 4.24. The summed E-state index contributed by atoms with van der Waals surface area (Å²) in [4.78, 5) is 11.5. The molecule has 1 aromatic carbocycles. The Balaban J connectivity index is 2.80. The molecule has 0 amide bonds. The van der Waals surface area contributed by atoms with E-state index in [-0.39, 0.29) is 12.2 Å². The van der Waals surface area contributed by atoms with Gasteiger partial charge in [-0.3, -0.25) is 4.79 Å². The van der Waals surface area contributed by atoms with Crippen molar-refractivity contribution in [1.82, 2.24) is 0 Å². The highest BCUT2D eigenvalue weighted by Crippen LogP contribution is 2.18. The number of rotatable bonds is 4. The van der Waals surface area contributed by atoms with Crippen molar-refractivity contribution in [3.63, 3.8) is 0 Å². The lowest BCUT2D eigenvalue weighted by molar-refractivity contribution is -0.119. The Bertz CT molecular complexity index is 368. The molecule has 0 heterocycles. The molecule has 0 bridgehead atoms. The third-order valence-corrected chi connectivity index (χ3v) is 2.59. The van der Waals surface area contributed by atoms with Gasteiger partial charge in [-0.05, 0) is 30.2 Å². The second kappa shape index (κ2) is 5.24. The first-order chi connectivity index (χ1) is 7.04. The summed E-state index contributed by atoms with van der Waals surface area (Å²) in [5.41, 5.74) is 6.06. The number of ketones is 1. The lowest BCUT2D eigenvalue weighted by Crippen LogP contribution is -2.30. The molecule has 0 aromatic heterocycles. The molecular formula is C11H13ClFNO. The zero-order valence-corrected chi connectivity index (χ0v) is 9.22. The van der Waals surface area contributed by atoms with Gasteiger partial charge in [0.1, 0.15) is 5.82 Å². The van der Waals surface area contributed by atoms with E-state index in [1.54, 1.807) is 0 Å². The standard InChI is InChI=1S/C11H13ClFNO/c1-2-10(14)11(15)6-7-5-8(13)3-4-9(7)12/h3-5,10H,2,6,14H2,1H3. The van der Waals surface area contributed by atoms with Gasteiger partial charge in [0.05, 0.1) is 6.04 Å². The third-order valence-electron chi connectivity index (χ3n) is 2.23. The van der Waals surface area contributed by atoms with E-state index in [9.17, 15) is 9.18 Å². The molecule has 0 saturated carbocycles. The highest BCUT2D eigenvalue weighted by Gasteiger charge is 2.13. The summed E-state index contributed by atoms with van der Waals surface area (Å²) in [6, 6.07) is 3.47. The van der Waals surface area contributed by atoms with E-state index in [0.29, 0.717) is 17.0 Å². The molecule has 0 aliphatic carbocycles. The molecule has 0 spiro atoms. The fraction of sp³-hybridized carbons (Fsp3) is 0.364. The van der Waals surface area contributed by atoms with Gasteiger partial charge in [0.25, 0.3) is 0 Å². The maximum atomic E-state index is 12.9. The zero-order valence-electron chi connectivity index (χ0n) is 8.47. The van der Waals surface area contributed by atoms with Crippen LogP contribution in [0, 0.1) is 5.82 Å². The van der Waals surface area contributed by atoms with Crippen LogP contribution in [0.5, 0.6) is 0 Å². The largest absolute Gasteiger partial charge is 0.322 e. The number of Topliss-reactive ketones (excluding diaryl/α,β-unsaturated/α-hetero) is 1. The van der Waals surface area contributed by atoms with Crippen molar-refractivity contribution in [2.45, 2.75) is 25.8 Å². The molecule has 0 radical (unpaired) electrons.